The summed E-state index contributed by atoms with van der Waals surface area (Å²) in [5, 5.41) is 0. The Morgan fingerprint density at radius 1 is 0.545 bits per heavy atom. The van der Waals surface area contributed by atoms with E-state index in [1.807, 2.05) is 0 Å². The van der Waals surface area contributed by atoms with Gasteiger partial charge >= 0.3 is 184 Å². The van der Waals surface area contributed by atoms with Crippen LogP contribution in [0.2, 0.25) is 0 Å². The molecule has 0 aliphatic heterocycles. The minimum atomic E-state index is -9.45. The van der Waals surface area contributed by atoms with E-state index >= 15 is 0 Å². The van der Waals surface area contributed by atoms with Crippen LogP contribution < -0.4 is 0 Å². The third kappa shape index (κ3) is 5.45. The van der Waals surface area contributed by atoms with Gasteiger partial charge in [-0.25, -0.2) is 0 Å². The summed E-state index contributed by atoms with van der Waals surface area (Å²) in [6.45, 7) is -6.17. The molecule has 0 radical (unpaired) electrons. The van der Waals surface area contributed by atoms with Gasteiger partial charge in [-0.1, -0.05) is 0 Å². The van der Waals surface area contributed by atoms with Crippen LogP contribution >= 0.6 is 0 Å². The predicted molar refractivity (Wildman–Crippen MR) is 89.0 cm³/mol. The van der Waals surface area contributed by atoms with Crippen molar-refractivity contribution < 1.29 is 67.6 Å². The van der Waals surface area contributed by atoms with Crippen molar-refractivity contribution in [1.82, 2.24) is 0 Å². The van der Waals surface area contributed by atoms with Gasteiger partial charge in [0.25, 0.3) is 0 Å². The molecule has 0 saturated heterocycles. The van der Waals surface area contributed by atoms with E-state index in [1.54, 1.807) is 0 Å². The summed E-state index contributed by atoms with van der Waals surface area (Å²) in [6.07, 6.45) is 0. The maximum atomic E-state index is 14.9. The molecule has 200 valence electrons. The zero-order chi connectivity index (χ0) is 26.9. The molecule has 17 heteroatoms. The summed E-state index contributed by atoms with van der Waals surface area (Å²) in [4.78, 5) is 0. The Kier molecular flexibility index (Phi) is 10.3. The van der Waals surface area contributed by atoms with Gasteiger partial charge in [0.2, 0.25) is 0 Å². The molecule has 0 N–H and O–H groups in total. The fourth-order valence-corrected chi connectivity index (χ4v) is 12.3. The maximum absolute atomic E-state index is 14.9. The second-order valence-electron chi connectivity index (χ2n) is 8.00. The summed E-state index contributed by atoms with van der Waals surface area (Å²) < 4.78 is 189. The standard InChI is InChI=1S/2C4H2F7.2C4H9O.Sn/c2*5-1-3(8,9)4(10,11)2(6)7;2*1-4(2)3-5;/h2*1H2;2*4H,3H2,1-2H3;/q;;2*-1;+2. The van der Waals surface area contributed by atoms with Crippen LogP contribution in [0.1, 0.15) is 27.7 Å². The van der Waals surface area contributed by atoms with Crippen molar-refractivity contribution in [2.24, 2.45) is 11.8 Å². The molecule has 0 rings (SSSR count). The Hall–Kier alpha value is -0.261. The Labute approximate surface area is 184 Å². The quantitative estimate of drug-likeness (QED) is 0.159. The van der Waals surface area contributed by atoms with E-state index in [-0.39, 0.29) is 0 Å². The van der Waals surface area contributed by atoms with Crippen molar-refractivity contribution in [1.29, 1.82) is 0 Å². The second kappa shape index (κ2) is 10.4. The van der Waals surface area contributed by atoms with E-state index in [1.165, 1.54) is 0 Å². The summed E-state index contributed by atoms with van der Waals surface area (Å²) in [5.74, 6) is -29.5. The van der Waals surface area contributed by atoms with Crippen molar-refractivity contribution in [3.63, 3.8) is 0 Å². The van der Waals surface area contributed by atoms with E-state index in [0.717, 1.165) is 27.7 Å². The zero-order valence-corrected chi connectivity index (χ0v) is 20.4. The average molecular weight is 631 g/mol. The molecule has 2 nitrogen and oxygen atoms in total. The molecule has 0 heterocycles. The first kappa shape index (κ1) is 32.7. The monoisotopic (exact) mass is 632 g/mol. The van der Waals surface area contributed by atoms with Gasteiger partial charge in [-0.05, 0) is 0 Å². The van der Waals surface area contributed by atoms with Crippen molar-refractivity contribution >= 4 is 19.2 Å². The molecule has 0 spiro atoms. The van der Waals surface area contributed by atoms with Crippen LogP contribution in [0, 0.1) is 11.8 Å². The molecule has 0 atom stereocenters. The summed E-state index contributed by atoms with van der Waals surface area (Å²) in [7, 11) is 0. The molecular formula is C16H22F14O2Sn. The Bertz CT molecular complexity index is 585. The fourth-order valence-electron chi connectivity index (χ4n) is 2.21. The van der Waals surface area contributed by atoms with E-state index in [2.05, 4.69) is 6.15 Å². The summed E-state index contributed by atoms with van der Waals surface area (Å²) >= 11 is -9.45. The second-order valence-corrected chi connectivity index (χ2v) is 16.8. The SMILES string of the molecule is CC(C)C[O][Sn]([O]CC(C)C)([C](F)(F)C(F)(F)C(F)(F)CF)[C](F)(F)C(F)(F)C(F)(F)CF. The van der Waals surface area contributed by atoms with Crippen molar-refractivity contribution in [3.05, 3.63) is 0 Å². The normalized spacial score (nSPS) is 15.6. The molecule has 0 fully saturated rings. The first-order valence-electron chi connectivity index (χ1n) is 9.12. The van der Waals surface area contributed by atoms with Crippen LogP contribution in [-0.2, 0) is 6.15 Å². The molecular weight excluding hydrogens is 609 g/mol. The molecule has 0 aromatic rings. The van der Waals surface area contributed by atoms with Crippen molar-refractivity contribution in [2.75, 3.05) is 26.6 Å². The first-order valence-corrected chi connectivity index (χ1v) is 14.3. The Balaban J connectivity index is 7.46. The molecule has 0 bridgehead atoms. The third-order valence-corrected chi connectivity index (χ3v) is 13.9. The molecule has 0 aliphatic rings. The topological polar surface area (TPSA) is 18.5 Å². The van der Waals surface area contributed by atoms with Gasteiger partial charge < -0.3 is 0 Å². The molecule has 0 aromatic carbocycles. The van der Waals surface area contributed by atoms with Gasteiger partial charge in [0.05, 0.1) is 0 Å². The number of hydrogen-bond donors (Lipinski definition) is 0. The van der Waals surface area contributed by atoms with Gasteiger partial charge in [-0.3, -0.25) is 0 Å². The molecule has 0 saturated carbocycles. The first-order chi connectivity index (χ1) is 14.5. The molecule has 33 heavy (non-hydrogen) atoms. The summed E-state index contributed by atoms with van der Waals surface area (Å²) in [5.41, 5.74) is 0. The van der Waals surface area contributed by atoms with Crippen LogP contribution in [0.5, 0.6) is 0 Å². The van der Waals surface area contributed by atoms with Gasteiger partial charge in [-0.15, -0.1) is 0 Å². The van der Waals surface area contributed by atoms with Crippen LogP contribution in [0.15, 0.2) is 0 Å². The molecule has 0 aliphatic carbocycles. The fraction of sp³-hybridized carbons (Fsp3) is 1.00. The molecule has 0 unspecified atom stereocenters. The van der Waals surface area contributed by atoms with Gasteiger partial charge in [-0.2, -0.15) is 0 Å². The average Bonchev–Trinajstić information content (AvgIpc) is 2.66. The summed E-state index contributed by atoms with van der Waals surface area (Å²) in [6, 6.07) is 0. The van der Waals surface area contributed by atoms with Crippen LogP contribution in [0.25, 0.3) is 0 Å². The number of alkyl halides is 14. The van der Waals surface area contributed by atoms with E-state index in [0.29, 0.717) is 0 Å². The van der Waals surface area contributed by atoms with E-state index < -0.39 is 89.2 Å². The van der Waals surface area contributed by atoms with Gasteiger partial charge in [0.15, 0.2) is 0 Å². The third-order valence-electron chi connectivity index (χ3n) is 4.11. The van der Waals surface area contributed by atoms with Crippen molar-refractivity contribution in [2.45, 2.75) is 59.3 Å². The van der Waals surface area contributed by atoms with Crippen LogP contribution in [-0.4, -0.2) is 77.3 Å². The van der Waals surface area contributed by atoms with Crippen molar-refractivity contribution in [3.8, 4) is 0 Å². The Morgan fingerprint density at radius 3 is 0.970 bits per heavy atom. The van der Waals surface area contributed by atoms with Gasteiger partial charge in [0.1, 0.15) is 0 Å². The number of rotatable bonds is 14. The predicted octanol–water partition coefficient (Wildman–Crippen LogP) is 6.60. The minimum absolute atomic E-state index is 0.998. The molecule has 0 amide bonds. The zero-order valence-electron chi connectivity index (χ0n) is 17.6. The van der Waals surface area contributed by atoms with Crippen LogP contribution in [0.3, 0.4) is 0 Å². The number of hydrogen-bond acceptors (Lipinski definition) is 2. The Morgan fingerprint density at radius 2 is 0.788 bits per heavy atom. The molecule has 0 aromatic heterocycles. The van der Waals surface area contributed by atoms with E-state index in [4.69, 9.17) is 0 Å². The number of halogens is 14. The van der Waals surface area contributed by atoms with Gasteiger partial charge in [0, 0.05) is 0 Å². The van der Waals surface area contributed by atoms with Crippen LogP contribution in [0.4, 0.5) is 61.5 Å². The van der Waals surface area contributed by atoms with E-state index in [9.17, 15) is 61.5 Å².